The molecule has 0 radical (unpaired) electrons. The minimum Gasteiger partial charge on any atom is -0.496 e. The van der Waals surface area contributed by atoms with Crippen molar-refractivity contribution in [3.05, 3.63) is 65.2 Å². The Morgan fingerprint density at radius 1 is 0.952 bits per heavy atom. The normalized spacial score (nSPS) is 12.1. The second-order valence-corrected chi connectivity index (χ2v) is 5.57. The molecule has 0 spiro atoms. The van der Waals surface area contributed by atoms with E-state index in [0.717, 1.165) is 25.1 Å². The molecule has 1 unspecified atom stereocenters. The van der Waals surface area contributed by atoms with Crippen LogP contribution in [-0.4, -0.2) is 20.7 Å². The fourth-order valence-corrected chi connectivity index (χ4v) is 2.84. The molecule has 0 saturated heterocycles. The Bertz CT molecular complexity index is 565. The fraction of sp³-hybridized carbons (Fsp3) is 0.368. The summed E-state index contributed by atoms with van der Waals surface area (Å²) in [6, 6.07) is 17.0. The first kappa shape index (κ1) is 15.6. The molecule has 2 aromatic carbocycles. The van der Waals surface area contributed by atoms with Gasteiger partial charge in [-0.2, -0.15) is 0 Å². The highest BCUT2D eigenvalue weighted by Gasteiger charge is 2.13. The van der Waals surface area contributed by atoms with Crippen LogP contribution in [0.2, 0.25) is 0 Å². The first-order valence-electron chi connectivity index (χ1n) is 7.55. The zero-order valence-corrected chi connectivity index (χ0v) is 13.2. The van der Waals surface area contributed by atoms with Gasteiger partial charge in [0.05, 0.1) is 7.11 Å². The highest BCUT2D eigenvalue weighted by atomic mass is 16.5. The second kappa shape index (κ2) is 7.84. The molecule has 0 amide bonds. The van der Waals surface area contributed by atoms with Crippen molar-refractivity contribution in [2.24, 2.45) is 5.92 Å². The maximum Gasteiger partial charge on any atom is 0.122 e. The van der Waals surface area contributed by atoms with Gasteiger partial charge in [0.2, 0.25) is 0 Å². The predicted molar refractivity (Wildman–Crippen MR) is 89.0 cm³/mol. The van der Waals surface area contributed by atoms with E-state index in [1.807, 2.05) is 19.2 Å². The van der Waals surface area contributed by atoms with Gasteiger partial charge in [0, 0.05) is 0 Å². The van der Waals surface area contributed by atoms with Crippen LogP contribution in [-0.2, 0) is 12.8 Å². The summed E-state index contributed by atoms with van der Waals surface area (Å²) in [4.78, 5) is 0. The Morgan fingerprint density at radius 3 is 2.24 bits per heavy atom. The Kier molecular flexibility index (Phi) is 5.82. The molecule has 0 saturated carbocycles. The molecule has 2 rings (SSSR count). The summed E-state index contributed by atoms with van der Waals surface area (Å²) in [5, 5.41) is 3.32. The molecule has 0 aliphatic carbocycles. The van der Waals surface area contributed by atoms with E-state index in [9.17, 15) is 0 Å². The van der Waals surface area contributed by atoms with Crippen LogP contribution < -0.4 is 10.1 Å². The number of aryl methyl sites for hydroxylation is 1. The minimum atomic E-state index is 0.562. The van der Waals surface area contributed by atoms with Gasteiger partial charge in [-0.05, 0) is 62.0 Å². The standard InChI is InChI=1S/C19H25NO/c1-15-8-4-5-9-17(15)12-16(14-20-2)13-18-10-6-7-11-19(18)21-3/h4-11,16,20H,12-14H2,1-3H3. The van der Waals surface area contributed by atoms with Crippen molar-refractivity contribution in [1.82, 2.24) is 5.32 Å². The Labute approximate surface area is 128 Å². The molecule has 2 heteroatoms. The van der Waals surface area contributed by atoms with Gasteiger partial charge in [0.1, 0.15) is 5.75 Å². The van der Waals surface area contributed by atoms with Crippen LogP contribution in [0.1, 0.15) is 16.7 Å². The Balaban J connectivity index is 2.14. The SMILES string of the molecule is CNCC(Cc1ccccc1C)Cc1ccccc1OC. The van der Waals surface area contributed by atoms with E-state index in [1.165, 1.54) is 16.7 Å². The maximum atomic E-state index is 5.48. The van der Waals surface area contributed by atoms with Crippen LogP contribution in [0.3, 0.4) is 0 Å². The van der Waals surface area contributed by atoms with Crippen LogP contribution in [0.5, 0.6) is 5.75 Å². The topological polar surface area (TPSA) is 21.3 Å². The van der Waals surface area contributed by atoms with E-state index < -0.39 is 0 Å². The third-order valence-electron chi connectivity index (χ3n) is 3.96. The molecule has 0 aliphatic rings. The number of para-hydroxylation sites is 1. The van der Waals surface area contributed by atoms with Crippen LogP contribution in [0.15, 0.2) is 48.5 Å². The first-order valence-corrected chi connectivity index (χ1v) is 7.55. The van der Waals surface area contributed by atoms with Gasteiger partial charge in [0.25, 0.3) is 0 Å². The van der Waals surface area contributed by atoms with Gasteiger partial charge in [-0.3, -0.25) is 0 Å². The second-order valence-electron chi connectivity index (χ2n) is 5.57. The number of methoxy groups -OCH3 is 1. The van der Waals surface area contributed by atoms with Gasteiger partial charge < -0.3 is 10.1 Å². The molecule has 0 aliphatic heterocycles. The molecule has 0 fully saturated rings. The lowest BCUT2D eigenvalue weighted by Crippen LogP contribution is -2.23. The monoisotopic (exact) mass is 283 g/mol. The molecule has 112 valence electrons. The van der Waals surface area contributed by atoms with Gasteiger partial charge in [-0.1, -0.05) is 42.5 Å². The van der Waals surface area contributed by atoms with E-state index in [2.05, 4.69) is 48.6 Å². The van der Waals surface area contributed by atoms with E-state index in [0.29, 0.717) is 5.92 Å². The average molecular weight is 283 g/mol. The van der Waals surface area contributed by atoms with Crippen molar-refractivity contribution in [3.8, 4) is 5.75 Å². The number of benzene rings is 2. The number of nitrogens with one attached hydrogen (secondary N) is 1. The highest BCUT2D eigenvalue weighted by molar-refractivity contribution is 5.34. The molecule has 21 heavy (non-hydrogen) atoms. The van der Waals surface area contributed by atoms with Gasteiger partial charge in [-0.15, -0.1) is 0 Å². The molecular formula is C19H25NO. The van der Waals surface area contributed by atoms with Crippen molar-refractivity contribution in [3.63, 3.8) is 0 Å². The van der Waals surface area contributed by atoms with Crippen LogP contribution in [0.25, 0.3) is 0 Å². The quantitative estimate of drug-likeness (QED) is 0.838. The Morgan fingerprint density at radius 2 is 1.57 bits per heavy atom. The molecule has 1 N–H and O–H groups in total. The largest absolute Gasteiger partial charge is 0.496 e. The average Bonchev–Trinajstić information content (AvgIpc) is 2.50. The van der Waals surface area contributed by atoms with E-state index in [4.69, 9.17) is 4.74 Å². The summed E-state index contributed by atoms with van der Waals surface area (Å²) >= 11 is 0. The number of hydrogen-bond acceptors (Lipinski definition) is 2. The highest BCUT2D eigenvalue weighted by Crippen LogP contribution is 2.23. The summed E-state index contributed by atoms with van der Waals surface area (Å²) < 4.78 is 5.48. The third-order valence-corrected chi connectivity index (χ3v) is 3.96. The van der Waals surface area contributed by atoms with Crippen molar-refractivity contribution in [2.45, 2.75) is 19.8 Å². The number of rotatable bonds is 7. The summed E-state index contributed by atoms with van der Waals surface area (Å²) in [5.41, 5.74) is 4.10. The molecular weight excluding hydrogens is 258 g/mol. The zero-order valence-electron chi connectivity index (χ0n) is 13.2. The lowest BCUT2D eigenvalue weighted by Gasteiger charge is -2.19. The smallest absolute Gasteiger partial charge is 0.122 e. The van der Waals surface area contributed by atoms with Gasteiger partial charge >= 0.3 is 0 Å². The molecule has 0 aromatic heterocycles. The molecule has 0 heterocycles. The summed E-state index contributed by atoms with van der Waals surface area (Å²) in [6.45, 7) is 3.20. The van der Waals surface area contributed by atoms with Crippen LogP contribution in [0, 0.1) is 12.8 Å². The van der Waals surface area contributed by atoms with Crippen molar-refractivity contribution in [1.29, 1.82) is 0 Å². The van der Waals surface area contributed by atoms with Gasteiger partial charge in [-0.25, -0.2) is 0 Å². The first-order chi connectivity index (χ1) is 10.2. The summed E-state index contributed by atoms with van der Waals surface area (Å²) in [6.07, 6.45) is 2.12. The van der Waals surface area contributed by atoms with Crippen molar-refractivity contribution >= 4 is 0 Å². The molecule has 2 aromatic rings. The predicted octanol–water partition coefficient (Wildman–Crippen LogP) is 3.62. The summed E-state index contributed by atoms with van der Waals surface area (Å²) in [7, 11) is 3.76. The molecule has 2 nitrogen and oxygen atoms in total. The molecule has 0 bridgehead atoms. The fourth-order valence-electron chi connectivity index (χ4n) is 2.84. The lowest BCUT2D eigenvalue weighted by atomic mass is 9.90. The van der Waals surface area contributed by atoms with Crippen molar-refractivity contribution in [2.75, 3.05) is 20.7 Å². The third kappa shape index (κ3) is 4.33. The lowest BCUT2D eigenvalue weighted by molar-refractivity contribution is 0.401. The van der Waals surface area contributed by atoms with E-state index in [1.54, 1.807) is 7.11 Å². The van der Waals surface area contributed by atoms with E-state index >= 15 is 0 Å². The minimum absolute atomic E-state index is 0.562. The van der Waals surface area contributed by atoms with Crippen LogP contribution in [0.4, 0.5) is 0 Å². The number of hydrogen-bond donors (Lipinski definition) is 1. The molecule has 1 atom stereocenters. The zero-order chi connectivity index (χ0) is 15.1. The van der Waals surface area contributed by atoms with Crippen molar-refractivity contribution < 1.29 is 4.74 Å². The number of ether oxygens (including phenoxy) is 1. The summed E-state index contributed by atoms with van der Waals surface area (Å²) in [5.74, 6) is 1.55. The van der Waals surface area contributed by atoms with Gasteiger partial charge in [0.15, 0.2) is 0 Å². The van der Waals surface area contributed by atoms with E-state index in [-0.39, 0.29) is 0 Å². The maximum absolute atomic E-state index is 5.48. The van der Waals surface area contributed by atoms with Crippen LogP contribution >= 0.6 is 0 Å². The Hall–Kier alpha value is -1.80.